The van der Waals surface area contributed by atoms with Gasteiger partial charge in [0.05, 0.1) is 6.67 Å². The minimum Gasteiger partial charge on any atom is -0.369 e. The zero-order valence-electron chi connectivity index (χ0n) is 13.7. The highest BCUT2D eigenvalue weighted by atomic mass is 19.1. The molecule has 0 saturated carbocycles. The lowest BCUT2D eigenvalue weighted by Gasteiger charge is -2.37. The fourth-order valence-corrected chi connectivity index (χ4v) is 2.96. The summed E-state index contributed by atoms with van der Waals surface area (Å²) < 4.78 is 13.0. The lowest BCUT2D eigenvalue weighted by molar-refractivity contribution is -0.143. The normalized spacial score (nSPS) is 19.1. The van der Waals surface area contributed by atoms with Crippen molar-refractivity contribution in [2.45, 2.75) is 0 Å². The Morgan fingerprint density at radius 1 is 0.960 bits per heavy atom. The van der Waals surface area contributed by atoms with E-state index in [1.165, 1.54) is 18.2 Å². The van der Waals surface area contributed by atoms with Crippen molar-refractivity contribution >= 4 is 23.5 Å². The van der Waals surface area contributed by atoms with Crippen LogP contribution in [0.2, 0.25) is 0 Å². The molecule has 0 spiro atoms. The summed E-state index contributed by atoms with van der Waals surface area (Å²) in [6.07, 6.45) is 1.41. The molecule has 0 aromatic heterocycles. The molecule has 132 valence electrons. The molecule has 2 aliphatic heterocycles. The first-order valence-electron chi connectivity index (χ1n) is 8.02. The average Bonchev–Trinajstić information content (AvgIpc) is 2.81. The van der Waals surface area contributed by atoms with Crippen molar-refractivity contribution in [3.05, 3.63) is 42.7 Å². The SMILES string of the molecule is C=CCN1C(=O)C(=O)N(CN2CCN(c3ccc(F)cc3)CC2)C1=O. The maximum Gasteiger partial charge on any atom is 0.335 e. The molecular weight excluding hydrogens is 327 g/mol. The van der Waals surface area contributed by atoms with Gasteiger partial charge in [-0.15, -0.1) is 6.58 Å². The van der Waals surface area contributed by atoms with Gasteiger partial charge < -0.3 is 4.90 Å². The average molecular weight is 346 g/mol. The zero-order chi connectivity index (χ0) is 18.0. The molecule has 2 saturated heterocycles. The smallest absolute Gasteiger partial charge is 0.335 e. The molecule has 0 N–H and O–H groups in total. The van der Waals surface area contributed by atoms with Gasteiger partial charge >= 0.3 is 17.8 Å². The highest BCUT2D eigenvalue weighted by Gasteiger charge is 2.44. The van der Waals surface area contributed by atoms with E-state index in [0.29, 0.717) is 26.2 Å². The molecule has 0 unspecified atom stereocenters. The van der Waals surface area contributed by atoms with Crippen LogP contribution >= 0.6 is 0 Å². The second-order valence-corrected chi connectivity index (χ2v) is 5.94. The van der Waals surface area contributed by atoms with Crippen LogP contribution in [-0.4, -0.2) is 71.9 Å². The number of imide groups is 2. The topological polar surface area (TPSA) is 64.2 Å². The van der Waals surface area contributed by atoms with Gasteiger partial charge in [0.1, 0.15) is 5.82 Å². The molecule has 7 nitrogen and oxygen atoms in total. The molecule has 4 amide bonds. The van der Waals surface area contributed by atoms with Gasteiger partial charge in [-0.05, 0) is 24.3 Å². The van der Waals surface area contributed by atoms with Crippen LogP contribution in [0.25, 0.3) is 0 Å². The molecule has 0 aliphatic carbocycles. The molecule has 0 atom stereocenters. The summed E-state index contributed by atoms with van der Waals surface area (Å²) in [6.45, 7) is 6.24. The molecule has 0 bridgehead atoms. The summed E-state index contributed by atoms with van der Waals surface area (Å²) in [5, 5.41) is 0. The fourth-order valence-electron chi connectivity index (χ4n) is 2.96. The quantitative estimate of drug-likeness (QED) is 0.450. The van der Waals surface area contributed by atoms with Gasteiger partial charge in [-0.2, -0.15) is 0 Å². The number of halogens is 1. The fraction of sp³-hybridized carbons (Fsp3) is 0.353. The number of carbonyl (C=O) groups is 3. The van der Waals surface area contributed by atoms with Crippen molar-refractivity contribution < 1.29 is 18.8 Å². The number of urea groups is 1. The molecule has 0 radical (unpaired) electrons. The van der Waals surface area contributed by atoms with Gasteiger partial charge in [-0.1, -0.05) is 6.08 Å². The van der Waals surface area contributed by atoms with Crippen LogP contribution in [-0.2, 0) is 9.59 Å². The Bertz CT molecular complexity index is 698. The van der Waals surface area contributed by atoms with E-state index in [0.717, 1.165) is 15.5 Å². The lowest BCUT2D eigenvalue weighted by Crippen LogP contribution is -2.51. The number of rotatable bonds is 5. The second-order valence-electron chi connectivity index (χ2n) is 5.94. The highest BCUT2D eigenvalue weighted by molar-refractivity contribution is 6.44. The van der Waals surface area contributed by atoms with E-state index in [-0.39, 0.29) is 19.0 Å². The molecule has 1 aromatic carbocycles. The van der Waals surface area contributed by atoms with Crippen LogP contribution in [0.1, 0.15) is 0 Å². The number of benzene rings is 1. The number of hydrogen-bond donors (Lipinski definition) is 0. The molecule has 3 rings (SSSR count). The van der Waals surface area contributed by atoms with Crippen molar-refractivity contribution in [3.63, 3.8) is 0 Å². The van der Waals surface area contributed by atoms with Crippen LogP contribution in [0.4, 0.5) is 14.9 Å². The number of hydrogen-bond acceptors (Lipinski definition) is 5. The zero-order valence-corrected chi connectivity index (χ0v) is 13.7. The number of nitrogens with zero attached hydrogens (tertiary/aromatic N) is 4. The molecule has 1 aromatic rings. The number of amides is 4. The summed E-state index contributed by atoms with van der Waals surface area (Å²) in [5.41, 5.74) is 0.932. The predicted octanol–water partition coefficient (Wildman–Crippen LogP) is 0.882. The maximum atomic E-state index is 13.0. The van der Waals surface area contributed by atoms with Crippen molar-refractivity contribution in [3.8, 4) is 0 Å². The van der Waals surface area contributed by atoms with Crippen LogP contribution in [0.3, 0.4) is 0 Å². The molecule has 2 fully saturated rings. The van der Waals surface area contributed by atoms with E-state index < -0.39 is 17.8 Å². The van der Waals surface area contributed by atoms with Crippen molar-refractivity contribution in [1.29, 1.82) is 0 Å². The summed E-state index contributed by atoms with van der Waals surface area (Å²) in [4.78, 5) is 41.9. The molecular formula is C17H19FN4O3. The minimum absolute atomic E-state index is 0.0260. The van der Waals surface area contributed by atoms with Crippen LogP contribution in [0.15, 0.2) is 36.9 Å². The summed E-state index contributed by atoms with van der Waals surface area (Å²) in [5.74, 6) is -1.88. The van der Waals surface area contributed by atoms with E-state index in [1.54, 1.807) is 12.1 Å². The summed E-state index contributed by atoms with van der Waals surface area (Å²) >= 11 is 0. The summed E-state index contributed by atoms with van der Waals surface area (Å²) in [6, 6.07) is 5.69. The van der Waals surface area contributed by atoms with Gasteiger partial charge in [0, 0.05) is 38.4 Å². The maximum absolute atomic E-state index is 13.0. The van der Waals surface area contributed by atoms with Gasteiger partial charge in [0.25, 0.3) is 0 Å². The monoisotopic (exact) mass is 346 g/mol. The van der Waals surface area contributed by atoms with Crippen LogP contribution in [0, 0.1) is 5.82 Å². The molecule has 2 aliphatic rings. The largest absolute Gasteiger partial charge is 0.369 e. The van der Waals surface area contributed by atoms with Crippen LogP contribution in [0.5, 0.6) is 0 Å². The number of piperazine rings is 1. The Labute approximate surface area is 144 Å². The summed E-state index contributed by atoms with van der Waals surface area (Å²) in [7, 11) is 0. The third kappa shape index (κ3) is 3.39. The van der Waals surface area contributed by atoms with Crippen molar-refractivity contribution in [2.75, 3.05) is 44.3 Å². The number of carbonyl (C=O) groups excluding carboxylic acids is 3. The molecule has 8 heteroatoms. The van der Waals surface area contributed by atoms with Crippen molar-refractivity contribution in [1.82, 2.24) is 14.7 Å². The molecule has 2 heterocycles. The first-order chi connectivity index (χ1) is 12.0. The third-order valence-electron chi connectivity index (χ3n) is 4.35. The predicted molar refractivity (Wildman–Crippen MR) is 89.2 cm³/mol. The Hall–Kier alpha value is -2.74. The Morgan fingerprint density at radius 3 is 2.16 bits per heavy atom. The van der Waals surface area contributed by atoms with Gasteiger partial charge in [0.15, 0.2) is 0 Å². The third-order valence-corrected chi connectivity index (χ3v) is 4.35. The number of anilines is 1. The van der Waals surface area contributed by atoms with E-state index in [9.17, 15) is 18.8 Å². The van der Waals surface area contributed by atoms with Gasteiger partial charge in [0.2, 0.25) is 0 Å². The first-order valence-corrected chi connectivity index (χ1v) is 8.02. The minimum atomic E-state index is -0.810. The Balaban J connectivity index is 1.58. The Morgan fingerprint density at radius 2 is 1.56 bits per heavy atom. The second kappa shape index (κ2) is 7.02. The molecule has 25 heavy (non-hydrogen) atoms. The lowest BCUT2D eigenvalue weighted by atomic mass is 10.2. The van der Waals surface area contributed by atoms with Crippen molar-refractivity contribution in [2.24, 2.45) is 0 Å². The van der Waals surface area contributed by atoms with E-state index in [2.05, 4.69) is 11.5 Å². The van der Waals surface area contributed by atoms with E-state index in [4.69, 9.17) is 0 Å². The van der Waals surface area contributed by atoms with Crippen LogP contribution < -0.4 is 4.90 Å². The Kier molecular flexibility index (Phi) is 4.80. The standard InChI is InChI=1S/C17H19FN4O3/c1-2-7-21-15(23)16(24)22(17(21)25)12-19-8-10-20(11-9-19)14-5-3-13(18)4-6-14/h2-6H,1,7-12H2. The van der Waals surface area contributed by atoms with E-state index >= 15 is 0 Å². The first kappa shape index (κ1) is 17.1. The van der Waals surface area contributed by atoms with Gasteiger partial charge in [-0.3, -0.25) is 19.4 Å². The highest BCUT2D eigenvalue weighted by Crippen LogP contribution is 2.18. The van der Waals surface area contributed by atoms with Gasteiger partial charge in [-0.25, -0.2) is 14.1 Å². The van der Waals surface area contributed by atoms with E-state index in [1.807, 2.05) is 4.90 Å².